The van der Waals surface area contributed by atoms with Gasteiger partial charge in [-0.2, -0.15) is 0 Å². The first-order chi connectivity index (χ1) is 25.0. The Morgan fingerprint density at radius 3 is 1.88 bits per heavy atom. The minimum Gasteiger partial charge on any atom is -0.310 e. The summed E-state index contributed by atoms with van der Waals surface area (Å²) < 4.78 is 0. The Balaban J connectivity index is 1.33. The van der Waals surface area contributed by atoms with Crippen LogP contribution in [0, 0.1) is 0 Å². The maximum atomic E-state index is 2.59. The summed E-state index contributed by atoms with van der Waals surface area (Å²) in [5.74, 6) is 0. The molecule has 0 bridgehead atoms. The molecule has 6 aromatic carbocycles. The van der Waals surface area contributed by atoms with Crippen LogP contribution in [0.15, 0.2) is 127 Å². The summed E-state index contributed by atoms with van der Waals surface area (Å²) in [5, 5.41) is 0. The van der Waals surface area contributed by atoms with Gasteiger partial charge in [0, 0.05) is 22.4 Å². The number of aryl methyl sites for hydroxylation is 1. The predicted octanol–water partition coefficient (Wildman–Crippen LogP) is 14.0. The fourth-order valence-corrected chi connectivity index (χ4v) is 9.75. The normalized spacial score (nSPS) is 17.4. The Morgan fingerprint density at radius 1 is 0.442 bits per heavy atom. The fraction of sp³-hybridized carbons (Fsp3) is 0.294. The lowest BCUT2D eigenvalue weighted by Crippen LogP contribution is -2.34. The smallest absolute Gasteiger partial charge is 0.0543 e. The van der Waals surface area contributed by atoms with E-state index in [4.69, 9.17) is 0 Å². The van der Waals surface area contributed by atoms with Crippen molar-refractivity contribution in [3.8, 4) is 33.4 Å². The molecule has 0 amide bonds. The molecule has 260 valence electrons. The summed E-state index contributed by atoms with van der Waals surface area (Å²) >= 11 is 0. The third-order valence-electron chi connectivity index (χ3n) is 13.0. The lowest BCUT2D eigenvalue weighted by atomic mass is 9.63. The van der Waals surface area contributed by atoms with Gasteiger partial charge < -0.3 is 4.90 Å². The van der Waals surface area contributed by atoms with Gasteiger partial charge in [-0.3, -0.25) is 0 Å². The lowest BCUT2D eigenvalue weighted by molar-refractivity contribution is 0.332. The van der Waals surface area contributed by atoms with Crippen LogP contribution in [0.1, 0.15) is 101 Å². The summed E-state index contributed by atoms with van der Waals surface area (Å²) in [4.78, 5) is 2.59. The molecule has 0 heterocycles. The maximum absolute atomic E-state index is 2.59. The van der Waals surface area contributed by atoms with Gasteiger partial charge in [0.15, 0.2) is 0 Å². The van der Waals surface area contributed by atoms with Gasteiger partial charge in [0.25, 0.3) is 0 Å². The SMILES string of the molecule is CC1(C)CCC(C)(C)c2cc(N(c3ccc(-c4ccccc4)cc3)c3cc4c(cc3-c3cccc5c3CCCC5)-c3ccccc3C4(C)C)ccc21. The zero-order valence-electron chi connectivity index (χ0n) is 31.8. The molecule has 0 saturated carbocycles. The van der Waals surface area contributed by atoms with Gasteiger partial charge in [0.1, 0.15) is 0 Å². The van der Waals surface area contributed by atoms with Gasteiger partial charge in [-0.1, -0.05) is 133 Å². The van der Waals surface area contributed by atoms with Crippen molar-refractivity contribution in [1.29, 1.82) is 0 Å². The molecule has 0 fully saturated rings. The van der Waals surface area contributed by atoms with Crippen LogP contribution in [0.4, 0.5) is 17.1 Å². The molecule has 0 unspecified atom stereocenters. The predicted molar refractivity (Wildman–Crippen MR) is 221 cm³/mol. The number of benzene rings is 6. The molecule has 1 heteroatoms. The quantitative estimate of drug-likeness (QED) is 0.176. The molecule has 0 aliphatic heterocycles. The molecule has 0 aromatic heterocycles. The van der Waals surface area contributed by atoms with E-state index in [1.807, 2.05) is 0 Å². The van der Waals surface area contributed by atoms with Crippen LogP contribution in [-0.2, 0) is 29.1 Å². The summed E-state index contributed by atoms with van der Waals surface area (Å²) in [7, 11) is 0. The average Bonchev–Trinajstić information content (AvgIpc) is 3.39. The van der Waals surface area contributed by atoms with E-state index < -0.39 is 0 Å². The van der Waals surface area contributed by atoms with Gasteiger partial charge in [-0.05, 0) is 147 Å². The number of hydrogen-bond acceptors (Lipinski definition) is 1. The molecule has 0 saturated heterocycles. The first-order valence-corrected chi connectivity index (χ1v) is 19.5. The van der Waals surface area contributed by atoms with Gasteiger partial charge in [-0.25, -0.2) is 0 Å². The minimum absolute atomic E-state index is 0.104. The second-order valence-corrected chi connectivity index (χ2v) is 17.5. The third-order valence-corrected chi connectivity index (χ3v) is 13.0. The first-order valence-electron chi connectivity index (χ1n) is 19.5. The van der Waals surface area contributed by atoms with Crippen LogP contribution in [0.5, 0.6) is 0 Å². The summed E-state index contributed by atoms with van der Waals surface area (Å²) in [6.07, 6.45) is 7.23. The van der Waals surface area contributed by atoms with E-state index in [-0.39, 0.29) is 16.2 Å². The molecule has 0 spiro atoms. The van der Waals surface area contributed by atoms with E-state index in [1.54, 1.807) is 0 Å². The van der Waals surface area contributed by atoms with Crippen molar-refractivity contribution in [2.45, 2.75) is 96.3 Å². The molecular weight excluding hydrogens is 627 g/mol. The Bertz CT molecular complexity index is 2320. The number of anilines is 3. The number of nitrogens with zero attached hydrogens (tertiary/aromatic N) is 1. The largest absolute Gasteiger partial charge is 0.310 e. The highest BCUT2D eigenvalue weighted by Crippen LogP contribution is 2.55. The van der Waals surface area contributed by atoms with Crippen LogP contribution in [0.3, 0.4) is 0 Å². The molecule has 3 aliphatic rings. The van der Waals surface area contributed by atoms with Crippen LogP contribution < -0.4 is 4.90 Å². The van der Waals surface area contributed by atoms with E-state index >= 15 is 0 Å². The van der Waals surface area contributed by atoms with E-state index in [0.29, 0.717) is 0 Å². The van der Waals surface area contributed by atoms with Gasteiger partial charge >= 0.3 is 0 Å². The summed E-state index contributed by atoms with van der Waals surface area (Å²) in [6, 6.07) is 48.7. The molecule has 52 heavy (non-hydrogen) atoms. The Labute approximate surface area is 311 Å². The highest BCUT2D eigenvalue weighted by Gasteiger charge is 2.39. The molecule has 0 radical (unpaired) electrons. The zero-order chi connectivity index (χ0) is 35.8. The van der Waals surface area contributed by atoms with Crippen LogP contribution >= 0.6 is 0 Å². The standard InChI is InChI=1S/C51H51N/c1-49(2)29-30-50(3,4)47-31-38(27-28-45(47)49)52(37-25-23-35(24-26-37)34-15-8-7-9-16-34)48-33-46-42(41-20-12-13-22-44(41)51(46,5)6)32-43(48)40-21-14-18-36-17-10-11-19-39(36)40/h7-9,12-16,18,20-28,31-33H,10-11,17,19,29-30H2,1-6H3. The third kappa shape index (κ3) is 5.27. The molecular formula is C51H51N. The van der Waals surface area contributed by atoms with Crippen molar-refractivity contribution in [1.82, 2.24) is 0 Å². The van der Waals surface area contributed by atoms with Crippen molar-refractivity contribution in [3.63, 3.8) is 0 Å². The van der Waals surface area contributed by atoms with E-state index in [2.05, 4.69) is 174 Å². The van der Waals surface area contributed by atoms with Crippen molar-refractivity contribution in [2.75, 3.05) is 4.90 Å². The average molecular weight is 678 g/mol. The van der Waals surface area contributed by atoms with Crippen molar-refractivity contribution < 1.29 is 0 Å². The van der Waals surface area contributed by atoms with E-state index in [1.165, 1.54) is 116 Å². The fourth-order valence-electron chi connectivity index (χ4n) is 9.75. The Hall–Kier alpha value is -4.88. The molecule has 0 atom stereocenters. The number of hydrogen-bond donors (Lipinski definition) is 0. The summed E-state index contributed by atoms with van der Waals surface area (Å²) in [6.45, 7) is 14.6. The second kappa shape index (κ2) is 12.1. The highest BCUT2D eigenvalue weighted by molar-refractivity contribution is 5.96. The van der Waals surface area contributed by atoms with Crippen LogP contribution in [0.2, 0.25) is 0 Å². The molecule has 1 nitrogen and oxygen atoms in total. The Kier molecular flexibility index (Phi) is 7.67. The number of rotatable bonds is 5. The summed E-state index contributed by atoms with van der Waals surface area (Å²) in [5.41, 5.74) is 20.6. The van der Waals surface area contributed by atoms with E-state index in [0.717, 1.165) is 6.42 Å². The molecule has 9 rings (SSSR count). The molecule has 0 N–H and O–H groups in total. The van der Waals surface area contributed by atoms with Crippen LogP contribution in [-0.4, -0.2) is 0 Å². The monoisotopic (exact) mass is 677 g/mol. The topological polar surface area (TPSA) is 3.24 Å². The van der Waals surface area contributed by atoms with Gasteiger partial charge in [-0.15, -0.1) is 0 Å². The zero-order valence-corrected chi connectivity index (χ0v) is 31.8. The van der Waals surface area contributed by atoms with Crippen LogP contribution in [0.25, 0.3) is 33.4 Å². The van der Waals surface area contributed by atoms with Crippen molar-refractivity contribution >= 4 is 17.1 Å². The Morgan fingerprint density at radius 2 is 1.10 bits per heavy atom. The van der Waals surface area contributed by atoms with E-state index in [9.17, 15) is 0 Å². The molecule has 6 aromatic rings. The maximum Gasteiger partial charge on any atom is 0.0543 e. The highest BCUT2D eigenvalue weighted by atomic mass is 15.1. The van der Waals surface area contributed by atoms with Gasteiger partial charge in [0.05, 0.1) is 5.69 Å². The molecule has 3 aliphatic carbocycles. The van der Waals surface area contributed by atoms with Crippen molar-refractivity contribution in [2.24, 2.45) is 0 Å². The lowest BCUT2D eigenvalue weighted by Gasteiger charge is -2.42. The first kappa shape index (κ1) is 33.0. The second-order valence-electron chi connectivity index (χ2n) is 17.5. The number of fused-ring (bicyclic) bond motifs is 5. The minimum atomic E-state index is -0.111. The van der Waals surface area contributed by atoms with Gasteiger partial charge in [0.2, 0.25) is 0 Å². The van der Waals surface area contributed by atoms with Crippen molar-refractivity contribution in [3.05, 3.63) is 161 Å².